The van der Waals surface area contributed by atoms with Gasteiger partial charge in [-0.25, -0.2) is 4.98 Å². The van der Waals surface area contributed by atoms with Crippen LogP contribution in [0.15, 0.2) is 30.3 Å². The van der Waals surface area contributed by atoms with Crippen molar-refractivity contribution in [2.75, 3.05) is 50.8 Å². The Morgan fingerprint density at radius 3 is 2.63 bits per heavy atom. The van der Waals surface area contributed by atoms with Gasteiger partial charge in [-0.15, -0.1) is 0 Å². The summed E-state index contributed by atoms with van der Waals surface area (Å²) in [5.41, 5.74) is 3.95. The van der Waals surface area contributed by atoms with Crippen LogP contribution in [0.1, 0.15) is 6.42 Å². The van der Waals surface area contributed by atoms with Crippen molar-refractivity contribution < 1.29 is 29.3 Å². The number of H-pyrrole nitrogens is 1. The first-order valence-corrected chi connectivity index (χ1v) is 11.5. The monoisotopic (exact) mass is 503 g/mol. The van der Waals surface area contributed by atoms with E-state index in [4.69, 9.17) is 36.1 Å². The molecular weight excluding hydrogens is 478 g/mol. The van der Waals surface area contributed by atoms with Crippen molar-refractivity contribution in [2.45, 2.75) is 12.5 Å². The van der Waals surface area contributed by atoms with Gasteiger partial charge in [0.25, 0.3) is 12.5 Å². The predicted octanol–water partition coefficient (Wildman–Crippen LogP) is 2.35. The van der Waals surface area contributed by atoms with Crippen molar-refractivity contribution in [1.82, 2.24) is 19.9 Å². The predicted molar refractivity (Wildman–Crippen MR) is 129 cm³/mol. The molecule has 12 heteroatoms. The molecule has 2 saturated heterocycles. The van der Waals surface area contributed by atoms with Gasteiger partial charge >= 0.3 is 5.97 Å². The number of imidazole rings is 1. The summed E-state index contributed by atoms with van der Waals surface area (Å²) in [4.78, 5) is 35.6. The van der Waals surface area contributed by atoms with Crippen molar-refractivity contribution in [1.29, 1.82) is 0 Å². The minimum atomic E-state index is -0.835. The number of likely N-dealkylation sites (tertiary alicyclic amines) is 1. The quantitative estimate of drug-likeness (QED) is 0.429. The van der Waals surface area contributed by atoms with Gasteiger partial charge in [0.05, 0.1) is 36.0 Å². The highest BCUT2D eigenvalue weighted by atomic mass is 35.5. The molecule has 186 valence electrons. The van der Waals surface area contributed by atoms with Gasteiger partial charge in [-0.2, -0.15) is 4.98 Å². The first-order valence-electron chi connectivity index (χ1n) is 11.1. The lowest BCUT2D eigenvalue weighted by Crippen LogP contribution is -2.36. The van der Waals surface area contributed by atoms with Gasteiger partial charge in [0.2, 0.25) is 0 Å². The van der Waals surface area contributed by atoms with Crippen LogP contribution >= 0.6 is 11.6 Å². The van der Waals surface area contributed by atoms with Crippen LogP contribution < -0.4 is 9.64 Å². The van der Waals surface area contributed by atoms with Gasteiger partial charge in [0.1, 0.15) is 6.10 Å². The third-order valence-corrected chi connectivity index (χ3v) is 6.08. The van der Waals surface area contributed by atoms with E-state index in [1.165, 1.54) is 0 Å². The maximum atomic E-state index is 10.9. The zero-order valence-electron chi connectivity index (χ0n) is 18.9. The number of hydrogen-bond acceptors (Lipinski definition) is 8. The van der Waals surface area contributed by atoms with E-state index in [1.807, 2.05) is 17.0 Å². The minimum absolute atomic E-state index is 0.0187. The lowest BCUT2D eigenvalue weighted by molar-refractivity contribution is -0.138. The fourth-order valence-corrected chi connectivity index (χ4v) is 4.45. The zero-order chi connectivity index (χ0) is 24.8. The van der Waals surface area contributed by atoms with Crippen LogP contribution in [0.25, 0.3) is 22.4 Å². The van der Waals surface area contributed by atoms with E-state index in [0.29, 0.717) is 41.0 Å². The first-order chi connectivity index (χ1) is 17.0. The number of nitrogens with zero attached hydrogens (tertiary/aromatic N) is 4. The van der Waals surface area contributed by atoms with E-state index in [0.717, 1.165) is 44.0 Å². The summed E-state index contributed by atoms with van der Waals surface area (Å²) < 4.78 is 11.4. The summed E-state index contributed by atoms with van der Waals surface area (Å²) in [6.45, 7) is 4.27. The molecule has 0 aliphatic carbocycles. The number of carboxylic acids is 1. The third kappa shape index (κ3) is 6.18. The SMILES string of the molecule is O=C(O)CN1CCC(Oc2nc3nc(-c4ccc(N5CCOCC5)cc4)c(Cl)cc3[nH]2)C1.O=CO. The zero-order valence-corrected chi connectivity index (χ0v) is 19.6. The number of fused-ring (bicyclic) bond motifs is 1. The van der Waals surface area contributed by atoms with Gasteiger partial charge in [-0.05, 0) is 24.6 Å². The van der Waals surface area contributed by atoms with Crippen LogP contribution in [0.4, 0.5) is 5.69 Å². The molecule has 5 rings (SSSR count). The standard InChI is InChI=1S/C22H24ClN5O4.CH2O2/c23-17-11-18-21(26-22(24-18)32-16-5-6-27(12-16)13-19(29)30)25-20(17)14-1-3-15(4-2-14)28-7-9-31-10-8-28;2-1-3/h1-4,11,16H,5-10,12-13H2,(H,29,30)(H,24,25,26);1H,(H,2,3). The number of nitrogens with one attached hydrogen (secondary N) is 1. The molecule has 0 radical (unpaired) electrons. The summed E-state index contributed by atoms with van der Waals surface area (Å²) in [6.07, 6.45) is 0.636. The molecular formula is C23H26ClN5O6. The number of ether oxygens (including phenoxy) is 2. The summed E-state index contributed by atoms with van der Waals surface area (Å²) in [7, 11) is 0. The van der Waals surface area contributed by atoms with Crippen LogP contribution in [0, 0.1) is 0 Å². The average molecular weight is 504 g/mol. The number of pyridine rings is 1. The Labute approximate surface area is 206 Å². The van der Waals surface area contributed by atoms with Crippen LogP contribution in [0.5, 0.6) is 6.01 Å². The lowest BCUT2D eigenvalue weighted by atomic mass is 10.1. The minimum Gasteiger partial charge on any atom is -0.483 e. The second kappa shape index (κ2) is 11.3. The van der Waals surface area contributed by atoms with E-state index in [9.17, 15) is 4.79 Å². The van der Waals surface area contributed by atoms with Crippen molar-refractivity contribution in [3.63, 3.8) is 0 Å². The van der Waals surface area contributed by atoms with E-state index in [1.54, 1.807) is 6.07 Å². The molecule has 3 N–H and O–H groups in total. The topological polar surface area (TPSA) is 141 Å². The number of benzene rings is 1. The number of carboxylic acid groups (broad SMARTS) is 2. The first kappa shape index (κ1) is 24.7. The molecule has 3 aromatic rings. The molecule has 0 saturated carbocycles. The van der Waals surface area contributed by atoms with E-state index in [-0.39, 0.29) is 19.1 Å². The number of rotatable bonds is 6. The maximum Gasteiger partial charge on any atom is 0.317 e. The van der Waals surface area contributed by atoms with Crippen molar-refractivity contribution in [3.8, 4) is 17.3 Å². The van der Waals surface area contributed by atoms with Gasteiger partial charge in [-0.3, -0.25) is 14.5 Å². The lowest BCUT2D eigenvalue weighted by Gasteiger charge is -2.28. The number of anilines is 1. The molecule has 1 atom stereocenters. The molecule has 0 bridgehead atoms. The molecule has 2 fully saturated rings. The molecule has 2 aliphatic heterocycles. The highest BCUT2D eigenvalue weighted by Gasteiger charge is 2.26. The van der Waals surface area contributed by atoms with E-state index < -0.39 is 5.97 Å². The molecule has 1 unspecified atom stereocenters. The highest BCUT2D eigenvalue weighted by Crippen LogP contribution is 2.31. The van der Waals surface area contributed by atoms with Gasteiger partial charge in [-0.1, -0.05) is 23.7 Å². The van der Waals surface area contributed by atoms with Crippen molar-refractivity contribution in [3.05, 3.63) is 35.4 Å². The smallest absolute Gasteiger partial charge is 0.317 e. The van der Waals surface area contributed by atoms with Crippen molar-refractivity contribution in [2.24, 2.45) is 0 Å². The van der Waals surface area contributed by atoms with E-state index >= 15 is 0 Å². The number of aromatic amines is 1. The molecule has 0 spiro atoms. The van der Waals surface area contributed by atoms with Crippen LogP contribution in [-0.2, 0) is 14.3 Å². The highest BCUT2D eigenvalue weighted by molar-refractivity contribution is 6.33. The molecule has 2 aromatic heterocycles. The van der Waals surface area contributed by atoms with E-state index in [2.05, 4.69) is 32.0 Å². The largest absolute Gasteiger partial charge is 0.483 e. The molecule has 35 heavy (non-hydrogen) atoms. The number of aliphatic carboxylic acids is 1. The summed E-state index contributed by atoms with van der Waals surface area (Å²) >= 11 is 6.53. The Hall–Kier alpha value is -3.41. The molecule has 1 aromatic carbocycles. The number of carbonyl (C=O) groups is 2. The van der Waals surface area contributed by atoms with Crippen LogP contribution in [0.2, 0.25) is 5.02 Å². The third-order valence-electron chi connectivity index (χ3n) is 5.79. The molecule has 4 heterocycles. The molecule has 11 nitrogen and oxygen atoms in total. The van der Waals surface area contributed by atoms with Gasteiger partial charge in [0, 0.05) is 37.4 Å². The molecule has 2 aliphatic rings. The fraction of sp³-hybridized carbons (Fsp3) is 0.391. The second-order valence-electron chi connectivity index (χ2n) is 8.14. The number of morpholine rings is 1. The normalized spacial score (nSPS) is 18.2. The Morgan fingerprint density at radius 2 is 1.94 bits per heavy atom. The van der Waals surface area contributed by atoms with Gasteiger partial charge in [0.15, 0.2) is 5.65 Å². The van der Waals surface area contributed by atoms with Crippen molar-refractivity contribution >= 4 is 40.9 Å². The van der Waals surface area contributed by atoms with Gasteiger partial charge < -0.3 is 29.6 Å². The van der Waals surface area contributed by atoms with Crippen LogP contribution in [0.3, 0.4) is 0 Å². The maximum absolute atomic E-state index is 10.9. The van der Waals surface area contributed by atoms with Crippen LogP contribution in [-0.4, -0.2) is 94.5 Å². The Kier molecular flexibility index (Phi) is 8.01. The number of hydrogen-bond donors (Lipinski definition) is 3. The summed E-state index contributed by atoms with van der Waals surface area (Å²) in [5.74, 6) is -0.835. The second-order valence-corrected chi connectivity index (χ2v) is 8.55. The number of halogens is 1. The summed E-state index contributed by atoms with van der Waals surface area (Å²) in [5, 5.41) is 16.4. The molecule has 0 amide bonds. The number of aromatic nitrogens is 3. The Bertz CT molecular complexity index is 1170. The average Bonchev–Trinajstić information content (AvgIpc) is 3.45. The summed E-state index contributed by atoms with van der Waals surface area (Å²) in [6, 6.07) is 10.4. The fourth-order valence-electron chi connectivity index (χ4n) is 4.19. The Morgan fingerprint density at radius 1 is 1.23 bits per heavy atom. The Balaban J connectivity index is 0.000000917.